The van der Waals surface area contributed by atoms with Crippen LogP contribution >= 0.6 is 0 Å². The van der Waals surface area contributed by atoms with Gasteiger partial charge in [0.1, 0.15) is 11.5 Å². The second kappa shape index (κ2) is 6.01. The molecule has 126 valence electrons. The average molecular weight is 338 g/mol. The molecule has 0 bridgehead atoms. The molecule has 4 rings (SSSR count). The second-order valence-electron chi connectivity index (χ2n) is 5.95. The largest absolute Gasteiger partial charge is 0.350 e. The van der Waals surface area contributed by atoms with Crippen LogP contribution in [0.5, 0.6) is 0 Å². The molecule has 1 aromatic carbocycles. The first-order chi connectivity index (χ1) is 12.1. The Morgan fingerprint density at radius 3 is 3.08 bits per heavy atom. The van der Waals surface area contributed by atoms with E-state index in [9.17, 15) is 14.0 Å². The van der Waals surface area contributed by atoms with Gasteiger partial charge in [0.05, 0.1) is 18.2 Å². The zero-order chi connectivity index (χ0) is 17.4. The molecule has 0 saturated heterocycles. The third-order valence-corrected chi connectivity index (χ3v) is 4.23. The van der Waals surface area contributed by atoms with Crippen molar-refractivity contribution in [1.82, 2.24) is 14.7 Å². The lowest BCUT2D eigenvalue weighted by Crippen LogP contribution is -2.34. The van der Waals surface area contributed by atoms with Crippen LogP contribution in [-0.4, -0.2) is 21.2 Å². The third-order valence-electron chi connectivity index (χ3n) is 4.23. The summed E-state index contributed by atoms with van der Waals surface area (Å²) in [5.74, 6) is -1.67. The number of hydrogen-bond acceptors (Lipinski definition) is 3. The van der Waals surface area contributed by atoms with Crippen molar-refractivity contribution >= 4 is 23.1 Å². The van der Waals surface area contributed by atoms with Crippen molar-refractivity contribution in [3.8, 4) is 0 Å². The van der Waals surface area contributed by atoms with E-state index in [-0.39, 0.29) is 24.8 Å². The zero-order valence-corrected chi connectivity index (χ0v) is 13.2. The van der Waals surface area contributed by atoms with Crippen LogP contribution in [0.4, 0.5) is 10.1 Å². The highest BCUT2D eigenvalue weighted by atomic mass is 19.1. The van der Waals surface area contributed by atoms with Crippen LogP contribution in [-0.2, 0) is 16.1 Å². The fourth-order valence-electron chi connectivity index (χ4n) is 3.04. The van der Waals surface area contributed by atoms with E-state index in [1.54, 1.807) is 6.07 Å². The van der Waals surface area contributed by atoms with Crippen LogP contribution in [0.15, 0.2) is 48.8 Å². The van der Waals surface area contributed by atoms with Crippen LogP contribution in [0.3, 0.4) is 0 Å². The summed E-state index contributed by atoms with van der Waals surface area (Å²) in [6.07, 6.45) is 3.76. The van der Waals surface area contributed by atoms with Crippen LogP contribution in [0.1, 0.15) is 23.6 Å². The first-order valence-electron chi connectivity index (χ1n) is 7.90. The summed E-state index contributed by atoms with van der Waals surface area (Å²) in [6.45, 7) is 0.259. The van der Waals surface area contributed by atoms with Gasteiger partial charge in [-0.1, -0.05) is 12.1 Å². The molecule has 3 heterocycles. The fourth-order valence-corrected chi connectivity index (χ4v) is 3.04. The number of pyridine rings is 1. The Bertz CT molecular complexity index is 949. The van der Waals surface area contributed by atoms with E-state index in [0.717, 1.165) is 11.3 Å². The molecule has 0 spiro atoms. The lowest BCUT2D eigenvalue weighted by atomic mass is 9.89. The van der Waals surface area contributed by atoms with Crippen molar-refractivity contribution in [2.45, 2.75) is 18.9 Å². The van der Waals surface area contributed by atoms with Gasteiger partial charge in [-0.05, 0) is 29.8 Å². The van der Waals surface area contributed by atoms with E-state index in [1.165, 1.54) is 12.1 Å². The Hall–Kier alpha value is -3.22. The van der Waals surface area contributed by atoms with E-state index in [2.05, 4.69) is 15.6 Å². The number of hydrogen-bond donors (Lipinski definition) is 2. The first-order valence-corrected chi connectivity index (χ1v) is 7.90. The summed E-state index contributed by atoms with van der Waals surface area (Å²) in [6, 6.07) is 9.73. The minimum atomic E-state index is -0.638. The minimum absolute atomic E-state index is 0.0373. The molecular weight excluding hydrogens is 323 g/mol. The number of anilines is 1. The molecule has 0 fully saturated rings. The number of carbonyl (C=O) groups is 2. The van der Waals surface area contributed by atoms with Crippen LogP contribution < -0.4 is 10.6 Å². The first kappa shape index (κ1) is 15.3. The summed E-state index contributed by atoms with van der Waals surface area (Å²) in [7, 11) is 0. The summed E-state index contributed by atoms with van der Waals surface area (Å²) < 4.78 is 15.2. The minimum Gasteiger partial charge on any atom is -0.350 e. The van der Waals surface area contributed by atoms with Gasteiger partial charge >= 0.3 is 0 Å². The number of rotatable bonds is 3. The number of halogens is 1. The predicted octanol–water partition coefficient (Wildman–Crippen LogP) is 2.22. The van der Waals surface area contributed by atoms with E-state index in [0.29, 0.717) is 11.3 Å². The van der Waals surface area contributed by atoms with Crippen molar-refractivity contribution in [3.63, 3.8) is 0 Å². The fraction of sp³-hybridized carbons (Fsp3) is 0.167. The molecule has 2 amide bonds. The van der Waals surface area contributed by atoms with Crippen molar-refractivity contribution in [2.75, 3.05) is 5.32 Å². The van der Waals surface area contributed by atoms with Crippen LogP contribution in [0.25, 0.3) is 5.65 Å². The summed E-state index contributed by atoms with van der Waals surface area (Å²) in [4.78, 5) is 28.8. The third kappa shape index (κ3) is 2.96. The van der Waals surface area contributed by atoms with Crippen molar-refractivity contribution in [2.24, 2.45) is 0 Å². The number of fused-ring (bicyclic) bond motifs is 2. The maximum atomic E-state index is 13.4. The Morgan fingerprint density at radius 1 is 1.36 bits per heavy atom. The predicted molar refractivity (Wildman–Crippen MR) is 89.4 cm³/mol. The number of imidazole rings is 1. The maximum absolute atomic E-state index is 13.4. The number of benzene rings is 1. The van der Waals surface area contributed by atoms with Crippen LogP contribution in [0.2, 0.25) is 0 Å². The molecule has 0 saturated carbocycles. The number of nitrogens with one attached hydrogen (secondary N) is 2. The van der Waals surface area contributed by atoms with Crippen molar-refractivity contribution in [3.05, 3.63) is 65.9 Å². The van der Waals surface area contributed by atoms with Gasteiger partial charge in [0.2, 0.25) is 11.8 Å². The Labute approximate surface area is 142 Å². The molecule has 25 heavy (non-hydrogen) atoms. The molecule has 0 unspecified atom stereocenters. The van der Waals surface area contributed by atoms with Gasteiger partial charge in [0, 0.05) is 24.5 Å². The maximum Gasteiger partial charge on any atom is 0.228 e. The lowest BCUT2D eigenvalue weighted by molar-refractivity contribution is -0.126. The molecule has 2 N–H and O–H groups in total. The monoisotopic (exact) mass is 338 g/mol. The SMILES string of the molecule is O=C1C[C@H](C(=O)NCc2cn3ccccc3n2)c2ccc(F)cc2N1. The highest BCUT2D eigenvalue weighted by molar-refractivity contribution is 6.01. The molecule has 6 nitrogen and oxygen atoms in total. The van der Waals surface area contributed by atoms with Crippen LogP contribution in [0, 0.1) is 5.82 Å². The number of aromatic nitrogens is 2. The van der Waals surface area contributed by atoms with Gasteiger partial charge < -0.3 is 15.0 Å². The van der Waals surface area contributed by atoms with E-state index >= 15 is 0 Å². The highest BCUT2D eigenvalue weighted by Gasteiger charge is 2.30. The van der Waals surface area contributed by atoms with Gasteiger partial charge in [-0.2, -0.15) is 0 Å². The quantitative estimate of drug-likeness (QED) is 0.769. The molecule has 1 aliphatic rings. The molecule has 2 aromatic heterocycles. The molecule has 7 heteroatoms. The summed E-state index contributed by atoms with van der Waals surface area (Å²) >= 11 is 0. The zero-order valence-electron chi connectivity index (χ0n) is 13.2. The number of carbonyl (C=O) groups excluding carboxylic acids is 2. The molecule has 1 aliphatic heterocycles. The Balaban J connectivity index is 1.52. The van der Waals surface area contributed by atoms with E-state index in [4.69, 9.17) is 0 Å². The second-order valence-corrected chi connectivity index (χ2v) is 5.95. The van der Waals surface area contributed by atoms with E-state index < -0.39 is 11.7 Å². The van der Waals surface area contributed by atoms with Gasteiger partial charge in [0.15, 0.2) is 0 Å². The van der Waals surface area contributed by atoms with Crippen molar-refractivity contribution < 1.29 is 14.0 Å². The summed E-state index contributed by atoms with van der Waals surface area (Å²) in [5.41, 5.74) is 2.49. The Morgan fingerprint density at radius 2 is 2.24 bits per heavy atom. The van der Waals surface area contributed by atoms with E-state index in [1.807, 2.05) is 35.0 Å². The van der Waals surface area contributed by atoms with Gasteiger partial charge in [0.25, 0.3) is 0 Å². The highest BCUT2D eigenvalue weighted by Crippen LogP contribution is 2.32. The molecular formula is C18H15FN4O2. The number of nitrogens with zero attached hydrogens (tertiary/aromatic N) is 2. The molecule has 0 radical (unpaired) electrons. The van der Waals surface area contributed by atoms with Gasteiger partial charge in [-0.15, -0.1) is 0 Å². The number of amides is 2. The normalized spacial score (nSPS) is 16.4. The lowest BCUT2D eigenvalue weighted by Gasteiger charge is -2.24. The van der Waals surface area contributed by atoms with Gasteiger partial charge in [-0.25, -0.2) is 9.37 Å². The smallest absolute Gasteiger partial charge is 0.228 e. The molecule has 0 aliphatic carbocycles. The topological polar surface area (TPSA) is 75.5 Å². The molecule has 1 atom stereocenters. The van der Waals surface area contributed by atoms with Gasteiger partial charge in [-0.3, -0.25) is 9.59 Å². The average Bonchev–Trinajstić information content (AvgIpc) is 3.01. The molecule has 3 aromatic rings. The van der Waals surface area contributed by atoms with Crippen molar-refractivity contribution in [1.29, 1.82) is 0 Å². The Kier molecular flexibility index (Phi) is 3.68. The summed E-state index contributed by atoms with van der Waals surface area (Å²) in [5, 5.41) is 5.42. The standard InChI is InChI=1S/C18H15FN4O2/c19-11-4-5-13-14(8-17(24)22-15(13)7-11)18(25)20-9-12-10-23-6-2-1-3-16(23)21-12/h1-7,10,14H,8-9H2,(H,20,25)(H,22,24)/t14-/m0/s1.